The number of sulfonamides is 1. The molecule has 256 valence electrons. The van der Waals surface area contributed by atoms with Crippen molar-refractivity contribution in [1.29, 1.82) is 0 Å². The second kappa shape index (κ2) is 16.2. The van der Waals surface area contributed by atoms with Crippen molar-refractivity contribution in [1.82, 2.24) is 18.8 Å². The zero-order valence-electron chi connectivity index (χ0n) is 27.9. The van der Waals surface area contributed by atoms with Gasteiger partial charge in [0.25, 0.3) is 15.9 Å². The number of nitrogens with zero attached hydrogens (tertiary/aromatic N) is 4. The van der Waals surface area contributed by atoms with Gasteiger partial charge in [-0.2, -0.15) is 4.31 Å². The number of imidazole rings is 1. The lowest BCUT2D eigenvalue weighted by atomic mass is 9.88. The molecule has 2 amide bonds. The average molecular weight is 662 g/mol. The summed E-state index contributed by atoms with van der Waals surface area (Å²) in [5.74, 6) is -0.324. The van der Waals surface area contributed by atoms with Gasteiger partial charge in [0.1, 0.15) is 5.75 Å². The Morgan fingerprint density at radius 3 is 2.54 bits per heavy atom. The molecule has 2 heterocycles. The largest absolute Gasteiger partial charge is 0.490 e. The van der Waals surface area contributed by atoms with Crippen molar-refractivity contribution in [2.45, 2.75) is 95.4 Å². The number of aliphatic hydroxyl groups is 1. The number of aryl methyl sites for hydroxylation is 1. The highest BCUT2D eigenvalue weighted by molar-refractivity contribution is 7.89. The molecular formula is C33H51N5O7S. The molecule has 0 unspecified atom stereocenters. The lowest BCUT2D eigenvalue weighted by Gasteiger charge is -2.35. The number of ether oxygens (including phenoxy) is 2. The number of aromatic nitrogens is 2. The third-order valence-corrected chi connectivity index (χ3v) is 10.8. The maximum atomic E-state index is 14.3. The minimum atomic E-state index is -3.87. The van der Waals surface area contributed by atoms with E-state index in [2.05, 4.69) is 10.3 Å². The maximum absolute atomic E-state index is 14.3. The molecule has 0 saturated heterocycles. The topological polar surface area (TPSA) is 143 Å². The summed E-state index contributed by atoms with van der Waals surface area (Å²) in [6.07, 6.45) is 9.40. The Bertz CT molecular complexity index is 1430. The Hall–Kier alpha value is -3.00. The fraction of sp³-hybridized carbons (Fsp3) is 0.667. The van der Waals surface area contributed by atoms with Gasteiger partial charge in [-0.25, -0.2) is 13.4 Å². The van der Waals surface area contributed by atoms with Crippen LogP contribution in [0.15, 0.2) is 35.7 Å². The highest BCUT2D eigenvalue weighted by Crippen LogP contribution is 2.30. The first-order valence-electron chi connectivity index (χ1n) is 16.5. The molecule has 1 aromatic carbocycles. The quantitative estimate of drug-likeness (QED) is 0.432. The molecule has 1 saturated carbocycles. The van der Waals surface area contributed by atoms with Crippen LogP contribution in [0.4, 0.5) is 5.69 Å². The molecule has 2 aliphatic rings. The maximum Gasteiger partial charge on any atom is 0.261 e. The van der Waals surface area contributed by atoms with Gasteiger partial charge in [0.2, 0.25) is 5.91 Å². The molecule has 46 heavy (non-hydrogen) atoms. The predicted molar refractivity (Wildman–Crippen MR) is 175 cm³/mol. The molecule has 0 spiro atoms. The molecule has 2 N–H and O–H groups in total. The zero-order valence-corrected chi connectivity index (χ0v) is 28.7. The number of anilines is 1. The van der Waals surface area contributed by atoms with Crippen molar-refractivity contribution < 1.29 is 32.6 Å². The first-order chi connectivity index (χ1) is 21.9. The van der Waals surface area contributed by atoms with Crippen LogP contribution in [0, 0.1) is 11.8 Å². The van der Waals surface area contributed by atoms with Crippen molar-refractivity contribution in [3.8, 4) is 5.75 Å². The van der Waals surface area contributed by atoms with Crippen molar-refractivity contribution in [2.75, 3.05) is 38.7 Å². The predicted octanol–water partition coefficient (Wildman–Crippen LogP) is 4.06. The van der Waals surface area contributed by atoms with Gasteiger partial charge in [0, 0.05) is 57.5 Å². The highest BCUT2D eigenvalue weighted by Gasteiger charge is 2.33. The number of nitrogens with one attached hydrogen (secondary N) is 1. The van der Waals surface area contributed by atoms with E-state index in [-0.39, 0.29) is 54.5 Å². The molecule has 0 bridgehead atoms. The minimum Gasteiger partial charge on any atom is -0.490 e. The van der Waals surface area contributed by atoms with E-state index in [1.807, 2.05) is 13.8 Å². The zero-order chi connectivity index (χ0) is 33.4. The van der Waals surface area contributed by atoms with E-state index in [4.69, 9.17) is 9.47 Å². The fourth-order valence-electron chi connectivity index (χ4n) is 6.11. The second-order valence-corrected chi connectivity index (χ2v) is 15.0. The number of fused-ring (bicyclic) bond motifs is 1. The molecule has 0 radical (unpaired) electrons. The van der Waals surface area contributed by atoms with E-state index in [0.717, 1.165) is 51.4 Å². The fourth-order valence-corrected chi connectivity index (χ4v) is 7.25. The molecule has 1 aromatic heterocycles. The molecule has 4 atom stereocenters. The van der Waals surface area contributed by atoms with Crippen LogP contribution in [-0.4, -0.2) is 95.7 Å². The highest BCUT2D eigenvalue weighted by atomic mass is 32.2. The Balaban J connectivity index is 1.63. The average Bonchev–Trinajstić information content (AvgIpc) is 3.49. The normalized spacial score (nSPS) is 23.3. The smallest absolute Gasteiger partial charge is 0.261 e. The van der Waals surface area contributed by atoms with Gasteiger partial charge >= 0.3 is 0 Å². The lowest BCUT2D eigenvalue weighted by molar-refractivity contribution is -0.120. The molecule has 1 fully saturated rings. The van der Waals surface area contributed by atoms with Crippen molar-refractivity contribution in [3.05, 3.63) is 36.3 Å². The van der Waals surface area contributed by atoms with Gasteiger partial charge in [-0.05, 0) is 64.2 Å². The molecule has 1 aliphatic heterocycles. The summed E-state index contributed by atoms with van der Waals surface area (Å²) in [5, 5.41) is 13.2. The summed E-state index contributed by atoms with van der Waals surface area (Å²) in [7, 11) is -0.656. The van der Waals surface area contributed by atoms with E-state index < -0.39 is 22.2 Å². The summed E-state index contributed by atoms with van der Waals surface area (Å²) >= 11 is 0. The van der Waals surface area contributed by atoms with Gasteiger partial charge in [0.05, 0.1) is 36.7 Å². The third-order valence-electron chi connectivity index (χ3n) is 9.09. The number of benzene rings is 1. The van der Waals surface area contributed by atoms with Gasteiger partial charge in [0.15, 0.2) is 5.03 Å². The molecular weight excluding hydrogens is 610 g/mol. The molecule has 2 aromatic rings. The summed E-state index contributed by atoms with van der Waals surface area (Å²) in [6.45, 7) is 6.03. The summed E-state index contributed by atoms with van der Waals surface area (Å²) < 4.78 is 42.0. The van der Waals surface area contributed by atoms with Gasteiger partial charge in [-0.3, -0.25) is 9.59 Å². The van der Waals surface area contributed by atoms with Crippen LogP contribution >= 0.6 is 0 Å². The first-order valence-corrected chi connectivity index (χ1v) is 17.9. The Morgan fingerprint density at radius 2 is 1.87 bits per heavy atom. The van der Waals surface area contributed by atoms with E-state index in [1.165, 1.54) is 23.9 Å². The van der Waals surface area contributed by atoms with Gasteiger partial charge in [-0.15, -0.1) is 0 Å². The van der Waals surface area contributed by atoms with Gasteiger partial charge < -0.3 is 29.4 Å². The molecule has 12 nitrogen and oxygen atoms in total. The van der Waals surface area contributed by atoms with Crippen molar-refractivity contribution in [2.24, 2.45) is 18.9 Å². The van der Waals surface area contributed by atoms with E-state index >= 15 is 0 Å². The van der Waals surface area contributed by atoms with Crippen LogP contribution in [0.5, 0.6) is 5.75 Å². The minimum absolute atomic E-state index is 0.0405. The molecule has 13 heteroatoms. The van der Waals surface area contributed by atoms with Crippen LogP contribution in [0.1, 0.15) is 82.5 Å². The Morgan fingerprint density at radius 1 is 1.15 bits per heavy atom. The third kappa shape index (κ3) is 9.08. The number of hydrogen-bond acceptors (Lipinski definition) is 8. The Kier molecular flexibility index (Phi) is 12.6. The van der Waals surface area contributed by atoms with E-state index in [0.29, 0.717) is 23.6 Å². The summed E-state index contributed by atoms with van der Waals surface area (Å²) in [4.78, 5) is 33.0. The van der Waals surface area contributed by atoms with Crippen LogP contribution in [0.3, 0.4) is 0 Å². The number of rotatable bonds is 8. The van der Waals surface area contributed by atoms with Crippen LogP contribution in [0.2, 0.25) is 0 Å². The van der Waals surface area contributed by atoms with Crippen molar-refractivity contribution >= 4 is 27.5 Å². The van der Waals surface area contributed by atoms with Crippen LogP contribution < -0.4 is 10.1 Å². The first kappa shape index (κ1) is 35.8. The number of carbonyl (C=O) groups excluding carboxylic acids is 2. The molecule has 4 rings (SSSR count). The lowest BCUT2D eigenvalue weighted by Crippen LogP contribution is -2.48. The summed E-state index contributed by atoms with van der Waals surface area (Å²) in [5.41, 5.74) is 0.817. The number of likely N-dealkylation sites (N-methyl/N-ethyl adjacent to an activating group) is 1. The number of aliphatic hydroxyl groups excluding tert-OH is 1. The Labute approximate surface area is 273 Å². The monoisotopic (exact) mass is 661 g/mol. The number of carbonyl (C=O) groups is 2. The SMILES string of the molecule is C[C@@H]1CCCCO[C@H](CN(C)S(=O)(=O)c2cn(C)cn2)[C@@H](C)CN([C@@H](C)CO)C(=O)c2cc(NC(=O)C3CCCCC3)ccc2O1. The van der Waals surface area contributed by atoms with Crippen molar-refractivity contribution in [3.63, 3.8) is 0 Å². The molecule has 1 aliphatic carbocycles. The van der Waals surface area contributed by atoms with E-state index in [9.17, 15) is 23.1 Å². The van der Waals surface area contributed by atoms with Crippen LogP contribution in [0.25, 0.3) is 0 Å². The van der Waals surface area contributed by atoms with Crippen LogP contribution in [-0.2, 0) is 26.6 Å². The second-order valence-electron chi connectivity index (χ2n) is 13.0. The standard InChI is InChI=1S/C33H51N5O7S/c1-23-18-38(24(2)21-39)33(41)28-17-27(35-32(40)26-12-7-6-8-13-26)14-15-29(28)45-25(3)11-9-10-16-44-30(23)19-37(5)46(42,43)31-20-36(4)22-34-31/h14-15,17,20,22-26,30,39H,6-13,16,18-19,21H2,1-5H3,(H,35,40)/t23-,24-,25+,30+/m0/s1. The summed E-state index contributed by atoms with van der Waals surface area (Å²) in [6, 6.07) is 4.62. The van der Waals surface area contributed by atoms with E-state index in [1.54, 1.807) is 41.6 Å². The number of hydrogen-bond donors (Lipinski definition) is 2. The number of amides is 2. The van der Waals surface area contributed by atoms with Gasteiger partial charge in [-0.1, -0.05) is 26.2 Å².